The zero-order valence-corrected chi connectivity index (χ0v) is 14.3. The number of aromatic nitrogens is 3. The Bertz CT molecular complexity index is 925. The predicted molar refractivity (Wildman–Crippen MR) is 90.8 cm³/mol. The zero-order valence-electron chi connectivity index (χ0n) is 13.5. The van der Waals surface area contributed by atoms with E-state index < -0.39 is 4.92 Å². The minimum Gasteiger partial charge on any atom is -0.467 e. The topological polar surface area (TPSA) is 105 Å². The molecule has 3 heterocycles. The molecule has 1 aliphatic rings. The molecule has 26 heavy (non-hydrogen) atoms. The van der Waals surface area contributed by atoms with E-state index in [1.54, 1.807) is 12.6 Å². The molecule has 0 atom stereocenters. The van der Waals surface area contributed by atoms with Gasteiger partial charge in [-0.3, -0.25) is 10.1 Å². The summed E-state index contributed by atoms with van der Waals surface area (Å²) in [5, 5.41) is 19.9. The highest BCUT2D eigenvalue weighted by molar-refractivity contribution is 7.98. The number of nitro benzene ring substituents is 1. The largest absolute Gasteiger partial charge is 0.467 e. The summed E-state index contributed by atoms with van der Waals surface area (Å²) < 4.78 is 18.0. The van der Waals surface area contributed by atoms with Gasteiger partial charge >= 0.3 is 0 Å². The first-order chi connectivity index (χ1) is 12.7. The van der Waals surface area contributed by atoms with Gasteiger partial charge in [-0.15, -0.1) is 10.2 Å². The van der Waals surface area contributed by atoms with Crippen molar-refractivity contribution in [1.82, 2.24) is 14.8 Å². The van der Waals surface area contributed by atoms with Crippen molar-refractivity contribution in [3.63, 3.8) is 0 Å². The monoisotopic (exact) mass is 374 g/mol. The Hall–Kier alpha value is -2.85. The molecule has 0 spiro atoms. The minimum atomic E-state index is -0.414. The van der Waals surface area contributed by atoms with Crippen molar-refractivity contribution >= 4 is 17.4 Å². The number of ether oxygens (including phenoxy) is 2. The number of fused-ring (bicyclic) bond motifs is 1. The number of rotatable bonds is 6. The van der Waals surface area contributed by atoms with Gasteiger partial charge in [0.05, 0.1) is 24.3 Å². The van der Waals surface area contributed by atoms with Crippen LogP contribution in [-0.2, 0) is 23.6 Å². The van der Waals surface area contributed by atoms with E-state index in [-0.39, 0.29) is 12.5 Å². The maximum atomic E-state index is 11.2. The van der Waals surface area contributed by atoms with E-state index in [0.29, 0.717) is 35.4 Å². The third-order valence-electron chi connectivity index (χ3n) is 3.83. The number of non-ortho nitro benzene ring substituents is 1. The molecule has 1 aromatic carbocycles. The molecule has 3 aromatic rings. The van der Waals surface area contributed by atoms with E-state index in [0.717, 1.165) is 11.3 Å². The molecule has 0 aliphatic carbocycles. The number of hydrogen-bond acceptors (Lipinski definition) is 8. The highest BCUT2D eigenvalue weighted by Gasteiger charge is 2.21. The van der Waals surface area contributed by atoms with E-state index in [1.165, 1.54) is 23.9 Å². The van der Waals surface area contributed by atoms with Crippen molar-refractivity contribution in [2.75, 3.05) is 6.79 Å². The lowest BCUT2D eigenvalue weighted by atomic mass is 10.1. The zero-order chi connectivity index (χ0) is 17.9. The van der Waals surface area contributed by atoms with Gasteiger partial charge in [0.2, 0.25) is 0 Å². The molecule has 4 rings (SSSR count). The molecule has 0 radical (unpaired) electrons. The average molecular weight is 374 g/mol. The molecule has 9 nitrogen and oxygen atoms in total. The van der Waals surface area contributed by atoms with E-state index >= 15 is 0 Å². The van der Waals surface area contributed by atoms with Gasteiger partial charge in [-0.2, -0.15) is 0 Å². The molecule has 0 fully saturated rings. The number of thioether (sulfide) groups is 1. The molecule has 0 amide bonds. The number of furan rings is 1. The van der Waals surface area contributed by atoms with E-state index in [4.69, 9.17) is 13.9 Å². The van der Waals surface area contributed by atoms with Crippen LogP contribution in [0.3, 0.4) is 0 Å². The van der Waals surface area contributed by atoms with Crippen LogP contribution in [0.1, 0.15) is 16.9 Å². The molecule has 10 heteroatoms. The molecule has 0 saturated carbocycles. The SMILES string of the molecule is O=[N+]([O-])c1cc2c(c(CSc3nncn3Cc3ccco3)c1)OCOC2. The van der Waals surface area contributed by atoms with E-state index in [9.17, 15) is 10.1 Å². The number of hydrogen-bond donors (Lipinski definition) is 0. The van der Waals surface area contributed by atoms with E-state index in [1.807, 2.05) is 16.7 Å². The molecular formula is C16H14N4O5S. The molecule has 2 aromatic heterocycles. The third kappa shape index (κ3) is 3.41. The Morgan fingerprint density at radius 2 is 2.31 bits per heavy atom. The van der Waals surface area contributed by atoms with Gasteiger partial charge in [0.1, 0.15) is 17.8 Å². The van der Waals surface area contributed by atoms with Crippen LogP contribution in [0.15, 0.2) is 46.4 Å². The Balaban J connectivity index is 1.56. The molecule has 0 saturated heterocycles. The Kier molecular flexibility index (Phi) is 4.59. The lowest BCUT2D eigenvalue weighted by Gasteiger charge is -2.20. The first-order valence-electron chi connectivity index (χ1n) is 7.74. The molecule has 0 N–H and O–H groups in total. The number of nitrogens with zero attached hydrogens (tertiary/aromatic N) is 4. The van der Waals surface area contributed by atoms with Gasteiger partial charge in [-0.25, -0.2) is 0 Å². The van der Waals surface area contributed by atoms with Crippen molar-refractivity contribution < 1.29 is 18.8 Å². The molecule has 134 valence electrons. The van der Waals surface area contributed by atoms with Gasteiger partial charge in [0.25, 0.3) is 5.69 Å². The highest BCUT2D eigenvalue weighted by atomic mass is 32.2. The van der Waals surface area contributed by atoms with Crippen LogP contribution >= 0.6 is 11.8 Å². The van der Waals surface area contributed by atoms with Crippen molar-refractivity contribution in [2.24, 2.45) is 0 Å². The Morgan fingerprint density at radius 3 is 3.12 bits per heavy atom. The van der Waals surface area contributed by atoms with Crippen molar-refractivity contribution in [1.29, 1.82) is 0 Å². The van der Waals surface area contributed by atoms with Crippen molar-refractivity contribution in [2.45, 2.75) is 24.1 Å². The van der Waals surface area contributed by atoms with Crippen LogP contribution < -0.4 is 4.74 Å². The van der Waals surface area contributed by atoms with Crippen LogP contribution in [0.4, 0.5) is 5.69 Å². The summed E-state index contributed by atoms with van der Waals surface area (Å²) in [5.74, 6) is 1.90. The first kappa shape index (κ1) is 16.6. The summed E-state index contributed by atoms with van der Waals surface area (Å²) in [4.78, 5) is 10.8. The predicted octanol–water partition coefficient (Wildman–Crippen LogP) is 2.99. The number of benzene rings is 1. The van der Waals surface area contributed by atoms with Crippen LogP contribution in [0, 0.1) is 10.1 Å². The van der Waals surface area contributed by atoms with Crippen LogP contribution in [0.5, 0.6) is 5.75 Å². The molecule has 0 unspecified atom stereocenters. The standard InChI is InChI=1S/C16H14N4O5S/c21-20(22)13-4-11-7-23-10-25-15(11)12(5-13)8-26-16-18-17-9-19(16)6-14-2-1-3-24-14/h1-5,9H,6-8,10H2. The van der Waals surface area contributed by atoms with Gasteiger partial charge in [-0.05, 0) is 12.1 Å². The van der Waals surface area contributed by atoms with Gasteiger partial charge < -0.3 is 18.5 Å². The lowest BCUT2D eigenvalue weighted by molar-refractivity contribution is -0.385. The summed E-state index contributed by atoms with van der Waals surface area (Å²) in [6.45, 7) is 0.945. The fourth-order valence-electron chi connectivity index (χ4n) is 2.67. The maximum absolute atomic E-state index is 11.2. The Labute approximate surface area is 152 Å². The second-order valence-corrected chi connectivity index (χ2v) is 6.51. The summed E-state index contributed by atoms with van der Waals surface area (Å²) >= 11 is 1.43. The molecule has 1 aliphatic heterocycles. The summed E-state index contributed by atoms with van der Waals surface area (Å²) in [7, 11) is 0. The van der Waals surface area contributed by atoms with Crippen molar-refractivity contribution in [3.8, 4) is 5.75 Å². The second kappa shape index (κ2) is 7.18. The van der Waals surface area contributed by atoms with Gasteiger partial charge in [0, 0.05) is 29.0 Å². The average Bonchev–Trinajstić information content (AvgIpc) is 3.32. The normalized spacial score (nSPS) is 13.2. The summed E-state index contributed by atoms with van der Waals surface area (Å²) in [6, 6.07) is 6.72. The highest BCUT2D eigenvalue weighted by Crippen LogP contribution is 2.36. The van der Waals surface area contributed by atoms with Crippen molar-refractivity contribution in [3.05, 3.63) is 63.9 Å². The number of nitro groups is 1. The molecule has 0 bridgehead atoms. The summed E-state index contributed by atoms with van der Waals surface area (Å²) in [6.07, 6.45) is 3.24. The lowest BCUT2D eigenvalue weighted by Crippen LogP contribution is -2.13. The van der Waals surface area contributed by atoms with E-state index in [2.05, 4.69) is 10.2 Å². The Morgan fingerprint density at radius 1 is 1.38 bits per heavy atom. The second-order valence-electron chi connectivity index (χ2n) is 5.57. The maximum Gasteiger partial charge on any atom is 0.270 e. The fraction of sp³-hybridized carbons (Fsp3) is 0.250. The van der Waals surface area contributed by atoms with Crippen LogP contribution in [0.25, 0.3) is 0 Å². The molecular weight excluding hydrogens is 360 g/mol. The minimum absolute atomic E-state index is 0.0190. The van der Waals surface area contributed by atoms with Crippen LogP contribution in [-0.4, -0.2) is 26.5 Å². The quantitative estimate of drug-likeness (QED) is 0.368. The fourth-order valence-corrected chi connectivity index (χ4v) is 3.55. The van der Waals surface area contributed by atoms with Gasteiger partial charge in [-0.1, -0.05) is 11.8 Å². The summed E-state index contributed by atoms with van der Waals surface area (Å²) in [5.41, 5.74) is 1.43. The van der Waals surface area contributed by atoms with Gasteiger partial charge in [0.15, 0.2) is 11.9 Å². The third-order valence-corrected chi connectivity index (χ3v) is 4.86. The van der Waals surface area contributed by atoms with Crippen LogP contribution in [0.2, 0.25) is 0 Å². The first-order valence-corrected chi connectivity index (χ1v) is 8.73. The smallest absolute Gasteiger partial charge is 0.270 e.